The van der Waals surface area contributed by atoms with E-state index in [9.17, 15) is 0 Å². The molecule has 0 spiro atoms. The van der Waals surface area contributed by atoms with E-state index < -0.39 is 0 Å². The van der Waals surface area contributed by atoms with E-state index in [1.165, 1.54) is 34.4 Å². The van der Waals surface area contributed by atoms with Crippen molar-refractivity contribution in [3.05, 3.63) is 64.2 Å². The van der Waals surface area contributed by atoms with Gasteiger partial charge < -0.3 is 5.32 Å². The second kappa shape index (κ2) is 6.87. The summed E-state index contributed by atoms with van der Waals surface area (Å²) in [6, 6.07) is 15.7. The van der Waals surface area contributed by atoms with Crippen LogP contribution in [0, 0.1) is 6.92 Å². The lowest BCUT2D eigenvalue weighted by atomic mass is 10.2. The lowest BCUT2D eigenvalue weighted by molar-refractivity contribution is 0.680. The molecule has 0 radical (unpaired) electrons. The summed E-state index contributed by atoms with van der Waals surface area (Å²) in [4.78, 5) is 1.29. The van der Waals surface area contributed by atoms with Crippen LogP contribution >= 0.6 is 23.4 Å². The van der Waals surface area contributed by atoms with E-state index in [0.29, 0.717) is 0 Å². The van der Waals surface area contributed by atoms with Crippen molar-refractivity contribution >= 4 is 23.4 Å². The highest BCUT2D eigenvalue weighted by atomic mass is 35.5. The van der Waals surface area contributed by atoms with Crippen LogP contribution in [0.3, 0.4) is 0 Å². The first kappa shape index (κ1) is 15.0. The van der Waals surface area contributed by atoms with Crippen molar-refractivity contribution in [2.45, 2.75) is 43.0 Å². The molecule has 1 fully saturated rings. The van der Waals surface area contributed by atoms with Crippen LogP contribution in [0.15, 0.2) is 47.4 Å². The average Bonchev–Trinajstić information content (AvgIpc) is 3.28. The van der Waals surface area contributed by atoms with Gasteiger partial charge in [0.2, 0.25) is 0 Å². The Hall–Kier alpha value is -0.960. The summed E-state index contributed by atoms with van der Waals surface area (Å²) in [6.45, 7) is 3.08. The van der Waals surface area contributed by atoms with Crippen LogP contribution < -0.4 is 5.32 Å². The van der Waals surface area contributed by atoms with Gasteiger partial charge in [0.25, 0.3) is 0 Å². The zero-order valence-electron chi connectivity index (χ0n) is 12.2. The fourth-order valence-corrected chi connectivity index (χ4v) is 3.59. The number of aryl methyl sites for hydroxylation is 1. The van der Waals surface area contributed by atoms with Gasteiger partial charge in [0, 0.05) is 28.3 Å². The number of benzene rings is 2. The minimum absolute atomic E-state index is 0.732. The minimum atomic E-state index is 0.732. The second-order valence-corrected chi connectivity index (χ2v) is 7.14. The molecule has 2 aromatic carbocycles. The van der Waals surface area contributed by atoms with Gasteiger partial charge in [0.15, 0.2) is 0 Å². The summed E-state index contributed by atoms with van der Waals surface area (Å²) in [5.41, 5.74) is 4.03. The summed E-state index contributed by atoms with van der Waals surface area (Å²) >= 11 is 8.04. The van der Waals surface area contributed by atoms with Gasteiger partial charge in [-0.25, -0.2) is 0 Å². The Morgan fingerprint density at radius 3 is 2.81 bits per heavy atom. The van der Waals surface area contributed by atoms with Crippen LogP contribution in [0.2, 0.25) is 5.02 Å². The summed E-state index contributed by atoms with van der Waals surface area (Å²) < 4.78 is 0. The highest BCUT2D eigenvalue weighted by Crippen LogP contribution is 2.30. The summed E-state index contributed by atoms with van der Waals surface area (Å²) in [5, 5.41) is 4.40. The van der Waals surface area contributed by atoms with E-state index in [2.05, 4.69) is 48.6 Å². The van der Waals surface area contributed by atoms with Gasteiger partial charge >= 0.3 is 0 Å². The quantitative estimate of drug-likeness (QED) is 0.736. The molecule has 0 unspecified atom stereocenters. The minimum Gasteiger partial charge on any atom is -0.310 e. The third kappa shape index (κ3) is 4.50. The number of hydrogen-bond donors (Lipinski definition) is 1. The van der Waals surface area contributed by atoms with Crippen molar-refractivity contribution in [2.24, 2.45) is 0 Å². The van der Waals surface area contributed by atoms with Crippen molar-refractivity contribution in [1.82, 2.24) is 5.32 Å². The zero-order chi connectivity index (χ0) is 14.7. The van der Waals surface area contributed by atoms with Crippen molar-refractivity contribution in [3.8, 4) is 0 Å². The van der Waals surface area contributed by atoms with Crippen LogP contribution in [0.4, 0.5) is 0 Å². The maximum atomic E-state index is 6.17. The van der Waals surface area contributed by atoms with Crippen molar-refractivity contribution in [3.63, 3.8) is 0 Å². The first-order valence-electron chi connectivity index (χ1n) is 7.41. The molecule has 1 N–H and O–H groups in total. The van der Waals surface area contributed by atoms with Gasteiger partial charge in [0.05, 0.1) is 0 Å². The number of nitrogens with one attached hydrogen (secondary N) is 1. The molecule has 1 saturated carbocycles. The SMILES string of the molecule is Cc1cccc(CSc2cc(Cl)ccc2CNC2CC2)c1. The van der Waals surface area contributed by atoms with Crippen molar-refractivity contribution in [1.29, 1.82) is 0 Å². The lowest BCUT2D eigenvalue weighted by Crippen LogP contribution is -2.15. The number of thioether (sulfide) groups is 1. The molecule has 21 heavy (non-hydrogen) atoms. The third-order valence-electron chi connectivity index (χ3n) is 3.66. The molecule has 0 heterocycles. The molecular weight excluding hydrogens is 298 g/mol. The standard InChI is InChI=1S/C18H20ClNS/c1-13-3-2-4-14(9-13)12-21-18-10-16(19)6-5-15(18)11-20-17-7-8-17/h2-6,9-10,17,20H,7-8,11-12H2,1H3. The Kier molecular flexibility index (Phi) is 4.89. The van der Waals surface area contributed by atoms with Crippen molar-refractivity contribution < 1.29 is 0 Å². The van der Waals surface area contributed by atoms with E-state index in [1.54, 1.807) is 0 Å². The smallest absolute Gasteiger partial charge is 0.0417 e. The van der Waals surface area contributed by atoms with Gasteiger partial charge in [0.1, 0.15) is 0 Å². The number of hydrogen-bond acceptors (Lipinski definition) is 2. The third-order valence-corrected chi connectivity index (χ3v) is 5.07. The van der Waals surface area contributed by atoms with Crippen LogP contribution in [-0.2, 0) is 12.3 Å². The molecule has 3 heteroatoms. The summed E-state index contributed by atoms with van der Waals surface area (Å²) in [6.07, 6.45) is 2.64. The molecule has 2 aromatic rings. The molecule has 0 amide bonds. The Labute approximate surface area is 136 Å². The van der Waals surface area contributed by atoms with E-state index in [1.807, 2.05) is 17.8 Å². The molecule has 0 aromatic heterocycles. The summed E-state index contributed by atoms with van der Waals surface area (Å²) in [7, 11) is 0. The monoisotopic (exact) mass is 317 g/mol. The van der Waals surface area contributed by atoms with E-state index >= 15 is 0 Å². The van der Waals surface area contributed by atoms with Crippen LogP contribution in [-0.4, -0.2) is 6.04 Å². The Morgan fingerprint density at radius 2 is 2.05 bits per heavy atom. The van der Waals surface area contributed by atoms with Crippen LogP contribution in [0.5, 0.6) is 0 Å². The van der Waals surface area contributed by atoms with E-state index in [4.69, 9.17) is 11.6 Å². The first-order valence-corrected chi connectivity index (χ1v) is 8.77. The topological polar surface area (TPSA) is 12.0 Å². The predicted octanol–water partition coefficient (Wildman–Crippen LogP) is 5.19. The number of halogens is 1. The molecule has 1 aliphatic carbocycles. The Bertz CT molecular complexity index is 622. The van der Waals surface area contributed by atoms with Crippen LogP contribution in [0.25, 0.3) is 0 Å². The highest BCUT2D eigenvalue weighted by molar-refractivity contribution is 7.98. The molecule has 0 saturated heterocycles. The summed E-state index contributed by atoms with van der Waals surface area (Å²) in [5.74, 6) is 0.985. The Balaban J connectivity index is 1.68. The van der Waals surface area contributed by atoms with Gasteiger partial charge in [-0.15, -0.1) is 11.8 Å². The maximum absolute atomic E-state index is 6.17. The normalized spacial score (nSPS) is 14.4. The Morgan fingerprint density at radius 1 is 1.19 bits per heavy atom. The molecule has 1 nitrogen and oxygen atoms in total. The fourth-order valence-electron chi connectivity index (χ4n) is 2.31. The lowest BCUT2D eigenvalue weighted by Gasteiger charge is -2.11. The average molecular weight is 318 g/mol. The molecule has 110 valence electrons. The largest absolute Gasteiger partial charge is 0.310 e. The fraction of sp³-hybridized carbons (Fsp3) is 0.333. The first-order chi connectivity index (χ1) is 10.2. The molecule has 0 bridgehead atoms. The van der Waals surface area contributed by atoms with E-state index in [-0.39, 0.29) is 0 Å². The highest BCUT2D eigenvalue weighted by Gasteiger charge is 2.20. The number of rotatable bonds is 6. The van der Waals surface area contributed by atoms with Gasteiger partial charge in [-0.05, 0) is 43.0 Å². The van der Waals surface area contributed by atoms with Gasteiger partial charge in [-0.2, -0.15) is 0 Å². The molecule has 0 aliphatic heterocycles. The molecule has 3 rings (SSSR count). The van der Waals surface area contributed by atoms with Gasteiger partial charge in [-0.1, -0.05) is 47.5 Å². The molecule has 1 aliphatic rings. The molecule has 0 atom stereocenters. The van der Waals surface area contributed by atoms with E-state index in [0.717, 1.165) is 23.4 Å². The van der Waals surface area contributed by atoms with Crippen LogP contribution in [0.1, 0.15) is 29.5 Å². The zero-order valence-corrected chi connectivity index (χ0v) is 13.8. The predicted molar refractivity (Wildman–Crippen MR) is 92.1 cm³/mol. The molecular formula is C18H20ClNS. The maximum Gasteiger partial charge on any atom is 0.0417 e. The van der Waals surface area contributed by atoms with Crippen molar-refractivity contribution in [2.75, 3.05) is 0 Å². The second-order valence-electron chi connectivity index (χ2n) is 5.68. The van der Waals surface area contributed by atoms with Gasteiger partial charge in [-0.3, -0.25) is 0 Å².